The third-order valence-corrected chi connectivity index (χ3v) is 3.62. The van der Waals surface area contributed by atoms with Gasteiger partial charge in [-0.15, -0.1) is 5.54 Å². The average Bonchev–Trinajstić information content (AvgIpc) is 2.34. The Labute approximate surface area is 109 Å². The Morgan fingerprint density at radius 2 is 1.78 bits per heavy atom. The second-order valence-electron chi connectivity index (χ2n) is 5.48. The molecule has 0 aliphatic heterocycles. The number of benzene rings is 2. The van der Waals surface area contributed by atoms with Crippen molar-refractivity contribution >= 4 is 18.8 Å². The molecule has 18 heavy (non-hydrogen) atoms. The van der Waals surface area contributed by atoms with Crippen molar-refractivity contribution in [2.75, 3.05) is 0 Å². The summed E-state index contributed by atoms with van der Waals surface area (Å²) in [5.74, 6) is 3.30. The largest absolute Gasteiger partial charge is 0.392 e. The van der Waals surface area contributed by atoms with Crippen molar-refractivity contribution in [3.63, 3.8) is 0 Å². The Bertz CT molecular complexity index is 627. The van der Waals surface area contributed by atoms with E-state index in [0.29, 0.717) is 0 Å². The topological polar surface area (TPSA) is 20.2 Å². The van der Waals surface area contributed by atoms with E-state index in [0.717, 1.165) is 16.5 Å². The van der Waals surface area contributed by atoms with Gasteiger partial charge in [0.05, 0.1) is 6.61 Å². The first-order valence-electron chi connectivity index (χ1n) is 6.16. The molecular weight excluding hydrogens is 236 g/mol. The maximum atomic E-state index is 9.45. The molecule has 0 aliphatic rings. The van der Waals surface area contributed by atoms with E-state index >= 15 is 0 Å². The standard InChI is InChI=1S/C16H18OSi/c1-18(2,3)11-10-16-14(12-17)9-8-13-6-4-5-7-15(13)16/h4-9,17H,12H2,1-3H3. The van der Waals surface area contributed by atoms with Gasteiger partial charge in [-0.05, 0) is 16.3 Å². The Morgan fingerprint density at radius 3 is 2.44 bits per heavy atom. The van der Waals surface area contributed by atoms with Gasteiger partial charge in [-0.2, -0.15) is 0 Å². The van der Waals surface area contributed by atoms with Crippen molar-refractivity contribution in [2.45, 2.75) is 26.2 Å². The molecule has 0 spiro atoms. The van der Waals surface area contributed by atoms with E-state index in [1.54, 1.807) is 0 Å². The van der Waals surface area contributed by atoms with Crippen molar-refractivity contribution in [3.05, 3.63) is 47.5 Å². The zero-order valence-corrected chi connectivity index (χ0v) is 12.1. The van der Waals surface area contributed by atoms with Gasteiger partial charge in [0.15, 0.2) is 0 Å². The number of hydrogen-bond donors (Lipinski definition) is 1. The summed E-state index contributed by atoms with van der Waals surface area (Å²) in [4.78, 5) is 0. The van der Waals surface area contributed by atoms with Crippen LogP contribution in [0.5, 0.6) is 0 Å². The summed E-state index contributed by atoms with van der Waals surface area (Å²) in [5, 5.41) is 11.8. The zero-order valence-electron chi connectivity index (χ0n) is 11.1. The summed E-state index contributed by atoms with van der Waals surface area (Å²) in [5.41, 5.74) is 5.28. The summed E-state index contributed by atoms with van der Waals surface area (Å²) in [7, 11) is -1.41. The lowest BCUT2D eigenvalue weighted by Gasteiger charge is -2.08. The number of fused-ring (bicyclic) bond motifs is 1. The van der Waals surface area contributed by atoms with Crippen LogP contribution in [-0.2, 0) is 6.61 Å². The predicted molar refractivity (Wildman–Crippen MR) is 80.1 cm³/mol. The normalized spacial score (nSPS) is 11.1. The molecule has 1 N–H and O–H groups in total. The third kappa shape index (κ3) is 2.81. The smallest absolute Gasteiger partial charge is 0.129 e. The third-order valence-electron chi connectivity index (χ3n) is 2.75. The highest BCUT2D eigenvalue weighted by molar-refractivity contribution is 6.83. The van der Waals surface area contributed by atoms with Crippen LogP contribution in [0.15, 0.2) is 36.4 Å². The van der Waals surface area contributed by atoms with Crippen LogP contribution in [-0.4, -0.2) is 13.2 Å². The van der Waals surface area contributed by atoms with Gasteiger partial charge in [0.1, 0.15) is 8.07 Å². The summed E-state index contributed by atoms with van der Waals surface area (Å²) < 4.78 is 0. The van der Waals surface area contributed by atoms with E-state index in [4.69, 9.17) is 0 Å². The molecule has 0 unspecified atom stereocenters. The molecule has 2 rings (SSSR count). The fourth-order valence-corrected chi connectivity index (χ4v) is 2.35. The quantitative estimate of drug-likeness (QED) is 0.609. The van der Waals surface area contributed by atoms with Gasteiger partial charge in [0, 0.05) is 5.56 Å². The van der Waals surface area contributed by atoms with Crippen molar-refractivity contribution in [1.82, 2.24) is 0 Å². The number of aliphatic hydroxyl groups excluding tert-OH is 1. The fraction of sp³-hybridized carbons (Fsp3) is 0.250. The van der Waals surface area contributed by atoms with Crippen LogP contribution < -0.4 is 0 Å². The van der Waals surface area contributed by atoms with Gasteiger partial charge in [-0.25, -0.2) is 0 Å². The molecule has 0 aliphatic carbocycles. The molecular formula is C16H18OSi. The Kier molecular flexibility index (Phi) is 3.56. The number of hydrogen-bond acceptors (Lipinski definition) is 1. The van der Waals surface area contributed by atoms with Crippen LogP contribution in [0.3, 0.4) is 0 Å². The summed E-state index contributed by atoms with van der Waals surface area (Å²) in [6.07, 6.45) is 0. The van der Waals surface area contributed by atoms with E-state index < -0.39 is 8.07 Å². The van der Waals surface area contributed by atoms with E-state index in [-0.39, 0.29) is 6.61 Å². The van der Waals surface area contributed by atoms with E-state index in [1.807, 2.05) is 24.3 Å². The fourth-order valence-electron chi connectivity index (χ4n) is 1.85. The lowest BCUT2D eigenvalue weighted by atomic mass is 10.00. The molecule has 0 saturated carbocycles. The predicted octanol–water partition coefficient (Wildman–Crippen LogP) is 3.56. The molecule has 0 atom stereocenters. The molecule has 2 aromatic rings. The summed E-state index contributed by atoms with van der Waals surface area (Å²) >= 11 is 0. The van der Waals surface area contributed by atoms with Crippen LogP contribution in [0.1, 0.15) is 11.1 Å². The highest BCUT2D eigenvalue weighted by Crippen LogP contribution is 2.22. The lowest BCUT2D eigenvalue weighted by Crippen LogP contribution is -2.16. The van der Waals surface area contributed by atoms with E-state index in [2.05, 4.69) is 43.2 Å². The molecule has 92 valence electrons. The number of aliphatic hydroxyl groups is 1. The van der Waals surface area contributed by atoms with Crippen molar-refractivity contribution < 1.29 is 5.11 Å². The van der Waals surface area contributed by atoms with Crippen molar-refractivity contribution in [2.24, 2.45) is 0 Å². The first kappa shape index (κ1) is 12.9. The maximum Gasteiger partial charge on any atom is 0.129 e. The van der Waals surface area contributed by atoms with E-state index in [1.165, 1.54) is 5.39 Å². The number of rotatable bonds is 1. The van der Waals surface area contributed by atoms with Crippen LogP contribution in [0.2, 0.25) is 19.6 Å². The van der Waals surface area contributed by atoms with Gasteiger partial charge in [0.2, 0.25) is 0 Å². The first-order valence-corrected chi connectivity index (χ1v) is 9.66. The second kappa shape index (κ2) is 4.97. The molecule has 0 aromatic heterocycles. The van der Waals surface area contributed by atoms with Crippen LogP contribution in [0.25, 0.3) is 10.8 Å². The second-order valence-corrected chi connectivity index (χ2v) is 10.2. The Hall–Kier alpha value is -1.56. The highest BCUT2D eigenvalue weighted by atomic mass is 28.3. The van der Waals surface area contributed by atoms with Crippen molar-refractivity contribution in [1.29, 1.82) is 0 Å². The van der Waals surface area contributed by atoms with Gasteiger partial charge in [-0.3, -0.25) is 0 Å². The molecule has 0 radical (unpaired) electrons. The monoisotopic (exact) mass is 254 g/mol. The molecule has 0 fully saturated rings. The minimum atomic E-state index is -1.41. The summed E-state index contributed by atoms with van der Waals surface area (Å²) in [6.45, 7) is 6.72. The first-order chi connectivity index (χ1) is 8.51. The lowest BCUT2D eigenvalue weighted by molar-refractivity contribution is 0.281. The SMILES string of the molecule is C[Si](C)(C)C#Cc1c(CO)ccc2ccccc12. The molecule has 2 aromatic carbocycles. The van der Waals surface area contributed by atoms with Crippen LogP contribution in [0.4, 0.5) is 0 Å². The molecule has 0 amide bonds. The van der Waals surface area contributed by atoms with Crippen LogP contribution in [0, 0.1) is 11.5 Å². The van der Waals surface area contributed by atoms with E-state index in [9.17, 15) is 5.11 Å². The van der Waals surface area contributed by atoms with Gasteiger partial charge in [0.25, 0.3) is 0 Å². The molecule has 0 saturated heterocycles. The Balaban J connectivity index is 2.68. The van der Waals surface area contributed by atoms with Gasteiger partial charge >= 0.3 is 0 Å². The maximum absolute atomic E-state index is 9.45. The Morgan fingerprint density at radius 1 is 1.06 bits per heavy atom. The zero-order chi connectivity index (χ0) is 13.2. The molecule has 2 heteroatoms. The minimum Gasteiger partial charge on any atom is -0.392 e. The summed E-state index contributed by atoms with van der Waals surface area (Å²) in [6, 6.07) is 12.2. The molecule has 0 bridgehead atoms. The highest BCUT2D eigenvalue weighted by Gasteiger charge is 2.09. The average molecular weight is 254 g/mol. The minimum absolute atomic E-state index is 0.0422. The molecule has 0 heterocycles. The van der Waals surface area contributed by atoms with Gasteiger partial charge < -0.3 is 5.11 Å². The molecule has 1 nitrogen and oxygen atoms in total. The van der Waals surface area contributed by atoms with Crippen LogP contribution >= 0.6 is 0 Å². The van der Waals surface area contributed by atoms with Crippen molar-refractivity contribution in [3.8, 4) is 11.5 Å². The van der Waals surface area contributed by atoms with Gasteiger partial charge in [-0.1, -0.05) is 62.0 Å².